The standard InChI is InChI=1S/C14H5Cl3O4S/c15-8-5-9(22(17,20)21)12(16)11-10(8)13(18)6-3-1-2-4-7(6)14(11)19/h1-5H. The number of ketones is 2. The Labute approximate surface area is 140 Å². The van der Waals surface area contributed by atoms with Gasteiger partial charge in [-0.3, -0.25) is 9.59 Å². The van der Waals surface area contributed by atoms with Gasteiger partial charge in [-0.1, -0.05) is 47.5 Å². The highest BCUT2D eigenvalue weighted by molar-refractivity contribution is 8.13. The van der Waals surface area contributed by atoms with Crippen molar-refractivity contribution in [1.82, 2.24) is 0 Å². The fourth-order valence-corrected chi connectivity index (χ4v) is 4.32. The van der Waals surface area contributed by atoms with E-state index in [0.29, 0.717) is 0 Å². The van der Waals surface area contributed by atoms with E-state index in [1.165, 1.54) is 12.1 Å². The number of fused-ring (bicyclic) bond motifs is 2. The second-order valence-electron chi connectivity index (χ2n) is 4.56. The Morgan fingerprint density at radius 1 is 0.864 bits per heavy atom. The molecule has 0 saturated heterocycles. The van der Waals surface area contributed by atoms with Gasteiger partial charge in [-0.25, -0.2) is 8.42 Å². The van der Waals surface area contributed by atoms with Crippen LogP contribution in [0, 0.1) is 0 Å². The van der Waals surface area contributed by atoms with Crippen LogP contribution < -0.4 is 0 Å². The van der Waals surface area contributed by atoms with Crippen LogP contribution in [0.4, 0.5) is 0 Å². The summed E-state index contributed by atoms with van der Waals surface area (Å²) in [7, 11) is 1.08. The van der Waals surface area contributed by atoms with Crippen molar-refractivity contribution in [2.24, 2.45) is 0 Å². The Kier molecular flexibility index (Phi) is 3.57. The van der Waals surface area contributed by atoms with Crippen molar-refractivity contribution in [3.05, 3.63) is 62.6 Å². The number of benzene rings is 2. The molecule has 0 unspecified atom stereocenters. The van der Waals surface area contributed by atoms with Gasteiger partial charge in [0.2, 0.25) is 0 Å². The van der Waals surface area contributed by atoms with E-state index in [1.54, 1.807) is 12.1 Å². The van der Waals surface area contributed by atoms with Crippen LogP contribution in [0.25, 0.3) is 0 Å². The number of hydrogen-bond donors (Lipinski definition) is 0. The Morgan fingerprint density at radius 2 is 1.36 bits per heavy atom. The third-order valence-corrected chi connectivity index (χ3v) is 5.46. The molecule has 0 bridgehead atoms. The molecule has 3 rings (SSSR count). The fraction of sp³-hybridized carbons (Fsp3) is 0. The number of carbonyl (C=O) groups is 2. The Bertz CT molecular complexity index is 964. The first-order chi connectivity index (χ1) is 10.2. The van der Waals surface area contributed by atoms with E-state index in [9.17, 15) is 18.0 Å². The second kappa shape index (κ2) is 5.06. The lowest BCUT2D eigenvalue weighted by molar-refractivity contribution is 0.0979. The first kappa shape index (κ1) is 15.5. The van der Waals surface area contributed by atoms with Gasteiger partial charge in [0.05, 0.1) is 21.2 Å². The second-order valence-corrected chi connectivity index (χ2v) is 7.88. The van der Waals surface area contributed by atoms with E-state index in [4.69, 9.17) is 33.9 Å². The average molecular weight is 376 g/mol. The molecule has 0 spiro atoms. The lowest BCUT2D eigenvalue weighted by Crippen LogP contribution is -2.22. The van der Waals surface area contributed by atoms with Crippen LogP contribution in [-0.2, 0) is 9.05 Å². The molecule has 0 N–H and O–H groups in total. The fourth-order valence-electron chi connectivity index (χ4n) is 2.36. The van der Waals surface area contributed by atoms with Gasteiger partial charge in [-0.2, -0.15) is 0 Å². The molecule has 2 aromatic rings. The number of hydrogen-bond acceptors (Lipinski definition) is 4. The summed E-state index contributed by atoms with van der Waals surface area (Å²) in [6.07, 6.45) is 0. The van der Waals surface area contributed by atoms with Crippen LogP contribution in [-0.4, -0.2) is 20.0 Å². The van der Waals surface area contributed by atoms with Crippen molar-refractivity contribution in [3.8, 4) is 0 Å². The Balaban J connectivity index is 2.44. The maximum absolute atomic E-state index is 12.6. The third-order valence-electron chi connectivity index (χ3n) is 3.32. The quantitative estimate of drug-likeness (QED) is 0.608. The minimum absolute atomic E-state index is 0.112. The van der Waals surface area contributed by atoms with Gasteiger partial charge < -0.3 is 0 Å². The van der Waals surface area contributed by atoms with Crippen LogP contribution in [0.1, 0.15) is 31.8 Å². The van der Waals surface area contributed by atoms with Gasteiger partial charge >= 0.3 is 0 Å². The molecule has 0 aromatic heterocycles. The summed E-state index contributed by atoms with van der Waals surface area (Å²) in [5, 5.41) is -0.589. The van der Waals surface area contributed by atoms with Crippen LogP contribution in [0.2, 0.25) is 10.0 Å². The van der Waals surface area contributed by atoms with Gasteiger partial charge in [-0.05, 0) is 6.07 Å². The summed E-state index contributed by atoms with van der Waals surface area (Å²) < 4.78 is 23.1. The van der Waals surface area contributed by atoms with Crippen molar-refractivity contribution in [2.45, 2.75) is 4.90 Å². The first-order valence-electron chi connectivity index (χ1n) is 5.88. The molecule has 0 saturated carbocycles. The van der Waals surface area contributed by atoms with Crippen LogP contribution in [0.3, 0.4) is 0 Å². The predicted octanol–water partition coefficient (Wildman–Crippen LogP) is 3.70. The summed E-state index contributed by atoms with van der Waals surface area (Å²) in [4.78, 5) is 24.6. The van der Waals surface area contributed by atoms with E-state index < -0.39 is 30.5 Å². The van der Waals surface area contributed by atoms with Crippen molar-refractivity contribution in [2.75, 3.05) is 0 Å². The zero-order valence-corrected chi connectivity index (χ0v) is 13.6. The molecule has 4 nitrogen and oxygen atoms in total. The molecular formula is C14H5Cl3O4S. The highest BCUT2D eigenvalue weighted by Crippen LogP contribution is 2.40. The molecular weight excluding hydrogens is 371 g/mol. The molecule has 1 aliphatic rings. The SMILES string of the molecule is O=C1c2ccccc2C(=O)c2c(Cl)c(S(=O)(=O)Cl)cc(Cl)c21. The molecule has 0 atom stereocenters. The highest BCUT2D eigenvalue weighted by atomic mass is 35.7. The van der Waals surface area contributed by atoms with Gasteiger partial charge in [0, 0.05) is 21.8 Å². The average Bonchev–Trinajstić information content (AvgIpc) is 2.45. The summed E-state index contributed by atoms with van der Waals surface area (Å²) in [5.74, 6) is -1.06. The van der Waals surface area contributed by atoms with Gasteiger partial charge in [-0.15, -0.1) is 0 Å². The van der Waals surface area contributed by atoms with Crippen molar-refractivity contribution in [1.29, 1.82) is 0 Å². The Morgan fingerprint density at radius 3 is 1.86 bits per heavy atom. The zero-order chi connectivity index (χ0) is 16.2. The monoisotopic (exact) mass is 374 g/mol. The maximum atomic E-state index is 12.6. The van der Waals surface area contributed by atoms with Gasteiger partial charge in [0.25, 0.3) is 9.05 Å². The lowest BCUT2D eigenvalue weighted by Gasteiger charge is -2.20. The van der Waals surface area contributed by atoms with Crippen molar-refractivity contribution < 1.29 is 18.0 Å². The summed E-state index contributed by atoms with van der Waals surface area (Å²) in [6.45, 7) is 0. The summed E-state index contributed by atoms with van der Waals surface area (Å²) in [6, 6.07) is 7.14. The van der Waals surface area contributed by atoms with Crippen LogP contribution in [0.15, 0.2) is 35.2 Å². The third kappa shape index (κ3) is 2.16. The molecule has 0 fully saturated rings. The van der Waals surface area contributed by atoms with Crippen LogP contribution >= 0.6 is 33.9 Å². The first-order valence-corrected chi connectivity index (χ1v) is 8.95. The van der Waals surface area contributed by atoms with E-state index >= 15 is 0 Å². The predicted molar refractivity (Wildman–Crippen MR) is 82.8 cm³/mol. The number of carbonyl (C=O) groups excluding carboxylic acids is 2. The molecule has 1 aliphatic carbocycles. The molecule has 112 valence electrons. The van der Waals surface area contributed by atoms with Gasteiger partial charge in [0.1, 0.15) is 4.90 Å². The summed E-state index contributed by atoms with van der Waals surface area (Å²) >= 11 is 12.0. The smallest absolute Gasteiger partial charge is 0.262 e. The lowest BCUT2D eigenvalue weighted by atomic mass is 9.84. The minimum Gasteiger partial charge on any atom is -0.289 e. The molecule has 0 radical (unpaired) electrons. The van der Waals surface area contributed by atoms with E-state index in [-0.39, 0.29) is 27.3 Å². The number of rotatable bonds is 1. The van der Waals surface area contributed by atoms with E-state index in [2.05, 4.69) is 0 Å². The molecule has 22 heavy (non-hydrogen) atoms. The Hall–Kier alpha value is -1.40. The molecule has 8 heteroatoms. The van der Waals surface area contributed by atoms with Crippen molar-refractivity contribution in [3.63, 3.8) is 0 Å². The zero-order valence-electron chi connectivity index (χ0n) is 10.6. The van der Waals surface area contributed by atoms with Crippen molar-refractivity contribution >= 4 is 54.5 Å². The topological polar surface area (TPSA) is 68.3 Å². The molecule has 0 amide bonds. The molecule has 2 aromatic carbocycles. The van der Waals surface area contributed by atoms with E-state index in [1.807, 2.05) is 0 Å². The normalized spacial score (nSPS) is 13.8. The van der Waals surface area contributed by atoms with Gasteiger partial charge in [0.15, 0.2) is 11.6 Å². The molecule has 0 heterocycles. The number of halogens is 3. The van der Waals surface area contributed by atoms with Crippen LogP contribution in [0.5, 0.6) is 0 Å². The highest BCUT2D eigenvalue weighted by Gasteiger charge is 2.36. The summed E-state index contributed by atoms with van der Waals surface area (Å²) in [5.41, 5.74) is -0.0157. The van der Waals surface area contributed by atoms with E-state index in [0.717, 1.165) is 6.07 Å². The largest absolute Gasteiger partial charge is 0.289 e. The maximum Gasteiger partial charge on any atom is 0.262 e. The molecule has 0 aliphatic heterocycles. The minimum atomic E-state index is -4.22.